The van der Waals surface area contributed by atoms with Crippen molar-refractivity contribution in [1.29, 1.82) is 0 Å². The Balaban J connectivity index is 2.77. The molecule has 0 amide bonds. The lowest BCUT2D eigenvalue weighted by molar-refractivity contribution is 0.118. The Hall–Kier alpha value is -0.943. The van der Waals surface area contributed by atoms with Crippen molar-refractivity contribution in [3.8, 4) is 0 Å². The van der Waals surface area contributed by atoms with Gasteiger partial charge in [0.1, 0.15) is 0 Å². The normalized spacial score (nSPS) is 14.1. The summed E-state index contributed by atoms with van der Waals surface area (Å²) >= 11 is 0. The molecule has 0 heterocycles. The molecule has 94 valence electrons. The highest BCUT2D eigenvalue weighted by atomic mass is 28.4. The molecule has 0 bridgehead atoms. The fourth-order valence-corrected chi connectivity index (χ4v) is 3.69. The molecule has 1 aromatic rings. The van der Waals surface area contributed by atoms with Crippen LogP contribution < -0.4 is 0 Å². The van der Waals surface area contributed by atoms with Crippen LogP contribution >= 0.6 is 0 Å². The predicted octanol–water partition coefficient (Wildman–Crippen LogP) is 2.97. The van der Waals surface area contributed by atoms with Gasteiger partial charge in [-0.25, -0.2) is 0 Å². The van der Waals surface area contributed by atoms with Gasteiger partial charge in [-0.15, -0.1) is 0 Å². The number of hydrogen-bond donors (Lipinski definition) is 0. The minimum absolute atomic E-state index is 0.114. The average Bonchev–Trinajstić information content (AvgIpc) is 2.40. The molecule has 1 unspecified atom stereocenters. The van der Waals surface area contributed by atoms with Crippen molar-refractivity contribution in [3.05, 3.63) is 42.0 Å². The van der Waals surface area contributed by atoms with Crippen LogP contribution in [0.5, 0.6) is 0 Å². The zero-order valence-corrected chi connectivity index (χ0v) is 11.8. The maximum Gasteiger partial charge on any atom is 0.507 e. The molecule has 1 rings (SSSR count). The summed E-state index contributed by atoms with van der Waals surface area (Å²) in [5.41, 5.74) is 1.27. The largest absolute Gasteiger partial charge is 0.507 e. The van der Waals surface area contributed by atoms with Gasteiger partial charge < -0.3 is 13.3 Å². The molecule has 0 saturated heterocycles. The van der Waals surface area contributed by atoms with Crippen molar-refractivity contribution in [2.75, 3.05) is 21.3 Å². The predicted molar refractivity (Wildman–Crippen MR) is 71.7 cm³/mol. The van der Waals surface area contributed by atoms with Crippen LogP contribution in [0.2, 0.25) is 5.54 Å². The van der Waals surface area contributed by atoms with Gasteiger partial charge in [0.25, 0.3) is 0 Å². The van der Waals surface area contributed by atoms with Gasteiger partial charge in [-0.05, 0) is 5.56 Å². The van der Waals surface area contributed by atoms with Crippen LogP contribution in [0.1, 0.15) is 12.5 Å². The Labute approximate surface area is 104 Å². The van der Waals surface area contributed by atoms with Gasteiger partial charge in [0, 0.05) is 26.9 Å². The fraction of sp³-hybridized carbons (Fsp3) is 0.385. The van der Waals surface area contributed by atoms with E-state index >= 15 is 0 Å². The zero-order valence-electron chi connectivity index (χ0n) is 10.8. The van der Waals surface area contributed by atoms with Gasteiger partial charge in [-0.3, -0.25) is 0 Å². The maximum absolute atomic E-state index is 5.43. The first-order valence-corrected chi connectivity index (χ1v) is 7.37. The molecular weight excluding hydrogens is 232 g/mol. The molecule has 0 aliphatic heterocycles. The summed E-state index contributed by atoms with van der Waals surface area (Å²) in [6, 6.07) is 10.1. The molecule has 0 radical (unpaired) electrons. The summed E-state index contributed by atoms with van der Waals surface area (Å²) in [7, 11) is 2.33. The smallest absolute Gasteiger partial charge is 0.376 e. The number of allylic oxidation sites excluding steroid dienone is 1. The first-order chi connectivity index (χ1) is 8.18. The van der Waals surface area contributed by atoms with E-state index in [-0.39, 0.29) is 5.54 Å². The van der Waals surface area contributed by atoms with Crippen molar-refractivity contribution in [3.63, 3.8) is 0 Å². The van der Waals surface area contributed by atoms with Crippen molar-refractivity contribution in [1.82, 2.24) is 0 Å². The molecule has 17 heavy (non-hydrogen) atoms. The summed E-state index contributed by atoms with van der Waals surface area (Å²) < 4.78 is 16.3. The second-order valence-corrected chi connectivity index (χ2v) is 7.12. The third kappa shape index (κ3) is 3.51. The number of rotatable bonds is 6. The quantitative estimate of drug-likeness (QED) is 0.729. The number of hydrogen-bond acceptors (Lipinski definition) is 3. The first kappa shape index (κ1) is 14.1. The third-order valence-corrected chi connectivity index (χ3v) is 5.80. The Bertz CT molecular complexity index is 339. The van der Waals surface area contributed by atoms with Crippen molar-refractivity contribution < 1.29 is 13.3 Å². The van der Waals surface area contributed by atoms with E-state index in [9.17, 15) is 0 Å². The highest BCUT2D eigenvalue weighted by molar-refractivity contribution is 6.62. The zero-order chi connectivity index (χ0) is 12.7. The van der Waals surface area contributed by atoms with Gasteiger partial charge in [-0.1, -0.05) is 49.4 Å². The van der Waals surface area contributed by atoms with Crippen molar-refractivity contribution in [2.45, 2.75) is 12.5 Å². The average molecular weight is 252 g/mol. The van der Waals surface area contributed by atoms with Crippen LogP contribution in [0, 0.1) is 0 Å². The molecule has 0 N–H and O–H groups in total. The van der Waals surface area contributed by atoms with E-state index in [4.69, 9.17) is 13.3 Å². The molecule has 0 fully saturated rings. The molecule has 1 atom stereocenters. The van der Waals surface area contributed by atoms with Crippen LogP contribution in [0.4, 0.5) is 0 Å². The van der Waals surface area contributed by atoms with Gasteiger partial charge in [0.2, 0.25) is 0 Å². The van der Waals surface area contributed by atoms with Crippen LogP contribution in [-0.4, -0.2) is 30.1 Å². The van der Waals surface area contributed by atoms with Crippen LogP contribution in [0.25, 0.3) is 6.08 Å². The summed E-state index contributed by atoms with van der Waals surface area (Å²) in [4.78, 5) is 0. The number of benzene rings is 1. The molecule has 0 aliphatic rings. The lowest BCUT2D eigenvalue weighted by atomic mass is 10.2. The van der Waals surface area contributed by atoms with E-state index < -0.39 is 8.80 Å². The molecule has 0 saturated carbocycles. The Kier molecular flexibility index (Phi) is 5.57. The minimum Gasteiger partial charge on any atom is -0.376 e. The summed E-state index contributed by atoms with van der Waals surface area (Å²) in [5.74, 6) is 0. The van der Waals surface area contributed by atoms with E-state index in [1.54, 1.807) is 21.3 Å². The van der Waals surface area contributed by atoms with E-state index in [1.807, 2.05) is 25.1 Å². The first-order valence-electron chi connectivity index (χ1n) is 5.57. The molecular formula is C13H20O3Si. The molecule has 3 nitrogen and oxygen atoms in total. The Morgan fingerprint density at radius 2 is 1.53 bits per heavy atom. The van der Waals surface area contributed by atoms with Gasteiger partial charge in [0.05, 0.1) is 0 Å². The Morgan fingerprint density at radius 1 is 1.00 bits per heavy atom. The van der Waals surface area contributed by atoms with Gasteiger partial charge >= 0.3 is 8.80 Å². The maximum atomic E-state index is 5.43. The molecule has 0 spiro atoms. The third-order valence-electron chi connectivity index (χ3n) is 2.79. The molecule has 1 aromatic carbocycles. The summed E-state index contributed by atoms with van der Waals surface area (Å²) in [6.45, 7) is 2.04. The monoisotopic (exact) mass is 252 g/mol. The van der Waals surface area contributed by atoms with Crippen LogP contribution in [0.3, 0.4) is 0 Å². The van der Waals surface area contributed by atoms with Crippen LogP contribution in [0.15, 0.2) is 36.4 Å². The summed E-state index contributed by atoms with van der Waals surface area (Å²) in [6.07, 6.45) is 4.13. The van der Waals surface area contributed by atoms with Gasteiger partial charge in [0.15, 0.2) is 0 Å². The standard InChI is InChI=1S/C13H20O3Si/c1-12(17(14-2,15-3)16-4)10-11-13-8-6-5-7-9-13/h5-12H,1-4H3. The van der Waals surface area contributed by atoms with E-state index in [0.29, 0.717) is 0 Å². The summed E-state index contributed by atoms with van der Waals surface area (Å²) in [5, 5.41) is 0. The van der Waals surface area contributed by atoms with E-state index in [1.165, 1.54) is 0 Å². The minimum atomic E-state index is -2.56. The van der Waals surface area contributed by atoms with Gasteiger partial charge in [-0.2, -0.15) is 0 Å². The fourth-order valence-electron chi connectivity index (χ4n) is 1.75. The second kappa shape index (κ2) is 6.71. The van der Waals surface area contributed by atoms with Crippen molar-refractivity contribution in [2.24, 2.45) is 0 Å². The van der Waals surface area contributed by atoms with Crippen molar-refractivity contribution >= 4 is 14.9 Å². The van der Waals surface area contributed by atoms with Crippen LogP contribution in [-0.2, 0) is 13.3 Å². The molecule has 4 heteroatoms. The topological polar surface area (TPSA) is 27.7 Å². The SMILES string of the molecule is CO[Si](OC)(OC)C(C)C=Cc1ccccc1. The van der Waals surface area contributed by atoms with E-state index in [2.05, 4.69) is 24.3 Å². The molecule has 0 aromatic heterocycles. The Morgan fingerprint density at radius 3 is 2.00 bits per heavy atom. The van der Waals surface area contributed by atoms with E-state index in [0.717, 1.165) is 5.56 Å². The highest BCUT2D eigenvalue weighted by Crippen LogP contribution is 2.25. The lowest BCUT2D eigenvalue weighted by Gasteiger charge is -2.28. The highest BCUT2D eigenvalue weighted by Gasteiger charge is 2.43. The second-order valence-electron chi connectivity index (χ2n) is 3.77. The lowest BCUT2D eigenvalue weighted by Crippen LogP contribution is -2.46. The molecule has 0 aliphatic carbocycles.